The normalized spacial score (nSPS) is 15.3. The fourth-order valence-electron chi connectivity index (χ4n) is 1.89. The maximum Gasteiger partial charge on any atom is 0.222 e. The van der Waals surface area contributed by atoms with E-state index < -0.39 is 0 Å². The summed E-state index contributed by atoms with van der Waals surface area (Å²) < 4.78 is 0. The van der Waals surface area contributed by atoms with Crippen molar-refractivity contribution in [3.8, 4) is 5.75 Å². The summed E-state index contributed by atoms with van der Waals surface area (Å²) in [4.78, 5) is 13.2. The molecule has 1 N–H and O–H groups in total. The van der Waals surface area contributed by atoms with Crippen LogP contribution in [0.4, 0.5) is 0 Å². The molecule has 0 aliphatic carbocycles. The number of allylic oxidation sites excluding steroid dienone is 1. The number of benzene rings is 1. The Hall–Kier alpha value is -0.666. The zero-order valence-corrected chi connectivity index (χ0v) is 12.9. The first-order valence-electron chi connectivity index (χ1n) is 5.27. The Balaban J connectivity index is 0.00000144. The largest absolute Gasteiger partial charge is 0.508 e. The van der Waals surface area contributed by atoms with Gasteiger partial charge in [-0.05, 0) is 12.1 Å². The second kappa shape index (κ2) is 5.79. The smallest absolute Gasteiger partial charge is 0.222 e. The Kier molecular flexibility index (Phi) is 4.90. The minimum absolute atomic E-state index is 0. The van der Waals surface area contributed by atoms with E-state index in [9.17, 15) is 9.90 Å². The van der Waals surface area contributed by atoms with Crippen molar-refractivity contribution in [2.75, 3.05) is 7.05 Å². The molecule has 1 heterocycles. The number of amides is 1. The van der Waals surface area contributed by atoms with Crippen LogP contribution in [0.1, 0.15) is 24.0 Å². The van der Waals surface area contributed by atoms with Gasteiger partial charge in [-0.3, -0.25) is 4.79 Å². The molecule has 0 bridgehead atoms. The summed E-state index contributed by atoms with van der Waals surface area (Å²) in [6.45, 7) is 1.91. The van der Waals surface area contributed by atoms with Gasteiger partial charge >= 0.3 is 0 Å². The number of hydrogen-bond acceptors (Lipinski definition) is 2. The summed E-state index contributed by atoms with van der Waals surface area (Å²) in [5, 5.41) is 9.34. The van der Waals surface area contributed by atoms with Gasteiger partial charge in [0.15, 0.2) is 0 Å². The van der Waals surface area contributed by atoms with Crippen LogP contribution in [0.2, 0.25) is 0 Å². The Morgan fingerprint density at radius 2 is 2.12 bits per heavy atom. The number of phenols is 1. The summed E-state index contributed by atoms with van der Waals surface area (Å²) in [6.07, 6.45) is 4.41. The second-order valence-corrected chi connectivity index (χ2v) is 3.98. The van der Waals surface area contributed by atoms with Crippen LogP contribution in [0.5, 0.6) is 5.75 Å². The molecular formula is C13H14NO2Y-. The average molecular weight is 305 g/mol. The summed E-state index contributed by atoms with van der Waals surface area (Å²) in [7, 11) is 1.76. The van der Waals surface area contributed by atoms with Crippen LogP contribution >= 0.6 is 0 Å². The van der Waals surface area contributed by atoms with Gasteiger partial charge in [0.25, 0.3) is 0 Å². The van der Waals surface area contributed by atoms with Crippen molar-refractivity contribution in [2.45, 2.75) is 19.8 Å². The van der Waals surface area contributed by atoms with Crippen LogP contribution < -0.4 is 0 Å². The molecule has 1 aliphatic rings. The Bertz CT molecular complexity index is 468. The molecule has 0 saturated carbocycles. The van der Waals surface area contributed by atoms with Gasteiger partial charge in [0.2, 0.25) is 5.91 Å². The Morgan fingerprint density at radius 1 is 1.41 bits per heavy atom. The first kappa shape index (κ1) is 14.4. The number of phenolic OH excluding ortho intramolecular Hbond substituents is 1. The SMILES string of the molecule is Cc1cc(O)ccc1C1=[C-]CCC(=O)N1C.[Y]. The summed E-state index contributed by atoms with van der Waals surface area (Å²) >= 11 is 0. The third kappa shape index (κ3) is 2.96. The third-order valence-corrected chi connectivity index (χ3v) is 2.81. The van der Waals surface area contributed by atoms with E-state index in [1.54, 1.807) is 24.1 Å². The maximum atomic E-state index is 11.6. The van der Waals surface area contributed by atoms with E-state index in [4.69, 9.17) is 0 Å². The van der Waals surface area contributed by atoms with E-state index in [1.807, 2.05) is 13.0 Å². The maximum absolute atomic E-state index is 11.6. The van der Waals surface area contributed by atoms with Crippen molar-refractivity contribution >= 4 is 11.6 Å². The van der Waals surface area contributed by atoms with Gasteiger partial charge in [0.1, 0.15) is 5.75 Å². The van der Waals surface area contributed by atoms with Crippen molar-refractivity contribution < 1.29 is 42.6 Å². The van der Waals surface area contributed by atoms with Crippen molar-refractivity contribution in [3.05, 3.63) is 35.4 Å². The first-order valence-corrected chi connectivity index (χ1v) is 5.27. The minimum atomic E-state index is 0. The van der Waals surface area contributed by atoms with Gasteiger partial charge in [-0.15, -0.1) is 29.3 Å². The van der Waals surface area contributed by atoms with E-state index in [0.717, 1.165) is 16.8 Å². The fourth-order valence-corrected chi connectivity index (χ4v) is 1.89. The molecular weight excluding hydrogens is 291 g/mol. The van der Waals surface area contributed by atoms with Crippen molar-refractivity contribution in [1.82, 2.24) is 4.90 Å². The molecule has 87 valence electrons. The second-order valence-electron chi connectivity index (χ2n) is 3.98. The molecule has 0 spiro atoms. The number of aromatic hydroxyl groups is 1. The van der Waals surface area contributed by atoms with Gasteiger partial charge in [0, 0.05) is 46.2 Å². The Morgan fingerprint density at radius 3 is 2.76 bits per heavy atom. The Labute approximate surface area is 126 Å². The molecule has 2 rings (SSSR count). The van der Waals surface area contributed by atoms with Gasteiger partial charge in [-0.1, -0.05) is 6.92 Å². The van der Waals surface area contributed by atoms with Crippen LogP contribution in [0.3, 0.4) is 0 Å². The zero-order chi connectivity index (χ0) is 11.7. The van der Waals surface area contributed by atoms with Crippen LogP contribution in [0.25, 0.3) is 5.70 Å². The van der Waals surface area contributed by atoms with Gasteiger partial charge in [-0.2, -0.15) is 0 Å². The zero-order valence-electron chi connectivity index (χ0n) is 10.0. The average Bonchev–Trinajstić information content (AvgIpc) is 2.23. The molecule has 1 aromatic carbocycles. The van der Waals surface area contributed by atoms with Crippen LogP contribution in [-0.4, -0.2) is 23.0 Å². The van der Waals surface area contributed by atoms with E-state index in [-0.39, 0.29) is 44.4 Å². The van der Waals surface area contributed by atoms with Crippen LogP contribution in [0.15, 0.2) is 18.2 Å². The van der Waals surface area contributed by atoms with E-state index in [0.29, 0.717) is 12.8 Å². The number of hydrogen-bond donors (Lipinski definition) is 1. The monoisotopic (exact) mass is 305 g/mol. The molecule has 17 heavy (non-hydrogen) atoms. The molecule has 1 amide bonds. The molecule has 0 atom stereocenters. The molecule has 4 heteroatoms. The number of carbonyl (C=O) groups excluding carboxylic acids is 1. The van der Waals surface area contributed by atoms with Crippen LogP contribution in [0, 0.1) is 13.0 Å². The summed E-state index contributed by atoms with van der Waals surface area (Å²) in [6, 6.07) is 5.14. The molecule has 0 aromatic heterocycles. The molecule has 0 fully saturated rings. The first-order chi connectivity index (χ1) is 7.59. The standard InChI is InChI=1S/C13H14NO2.Y/c1-9-8-10(15)6-7-11(9)12-4-3-5-13(16)14(12)2;/h6-8,15H,3,5H2,1-2H3;/q-1;. The van der Waals surface area contributed by atoms with Crippen molar-refractivity contribution in [3.63, 3.8) is 0 Å². The summed E-state index contributed by atoms with van der Waals surface area (Å²) in [5.74, 6) is 0.355. The quantitative estimate of drug-likeness (QED) is 0.807. The molecule has 0 saturated heterocycles. The number of aryl methyl sites for hydroxylation is 1. The number of nitrogens with zero attached hydrogens (tertiary/aromatic N) is 1. The van der Waals surface area contributed by atoms with Crippen molar-refractivity contribution in [1.29, 1.82) is 0 Å². The van der Waals surface area contributed by atoms with Gasteiger partial charge < -0.3 is 10.0 Å². The van der Waals surface area contributed by atoms with Gasteiger partial charge in [0.05, 0.1) is 0 Å². The molecule has 1 radical (unpaired) electrons. The topological polar surface area (TPSA) is 40.5 Å². The van der Waals surface area contributed by atoms with Crippen LogP contribution in [-0.2, 0) is 37.5 Å². The molecule has 1 aromatic rings. The predicted octanol–water partition coefficient (Wildman–Crippen LogP) is 2.09. The number of rotatable bonds is 1. The predicted molar refractivity (Wildman–Crippen MR) is 61.5 cm³/mol. The number of carbonyl (C=O) groups is 1. The van der Waals surface area contributed by atoms with E-state index >= 15 is 0 Å². The fraction of sp³-hybridized carbons (Fsp3) is 0.308. The van der Waals surface area contributed by atoms with Crippen molar-refractivity contribution in [2.24, 2.45) is 0 Å². The third-order valence-electron chi connectivity index (χ3n) is 2.81. The van der Waals surface area contributed by atoms with E-state index in [2.05, 4.69) is 6.08 Å². The molecule has 3 nitrogen and oxygen atoms in total. The van der Waals surface area contributed by atoms with Gasteiger partial charge in [-0.25, -0.2) is 6.08 Å². The summed E-state index contributed by atoms with van der Waals surface area (Å²) in [5.41, 5.74) is 2.71. The van der Waals surface area contributed by atoms with E-state index in [1.165, 1.54) is 0 Å². The minimum Gasteiger partial charge on any atom is -0.508 e. The molecule has 1 aliphatic heterocycles. The molecule has 0 unspecified atom stereocenters.